The number of carboxylic acids is 1. The van der Waals surface area contributed by atoms with Crippen molar-refractivity contribution in [3.8, 4) is 11.5 Å². The SMILES string of the molecule is COc1ccc(C(OCCC(C)SSCCCOC(=O)CCC(=O)O)(c2ccccc2)c2ccc(OC)cc2)cc1. The van der Waals surface area contributed by atoms with Gasteiger partial charge >= 0.3 is 11.9 Å². The largest absolute Gasteiger partial charge is 0.497 e. The number of aliphatic carboxylic acids is 1. The van der Waals surface area contributed by atoms with Crippen LogP contribution in [0.1, 0.15) is 49.3 Å². The van der Waals surface area contributed by atoms with Crippen molar-refractivity contribution in [3.63, 3.8) is 0 Å². The van der Waals surface area contributed by atoms with E-state index in [1.807, 2.05) is 42.5 Å². The Kier molecular flexibility index (Phi) is 13.4. The number of esters is 1. The molecule has 3 aromatic carbocycles. The first-order chi connectivity index (χ1) is 19.9. The molecule has 7 nitrogen and oxygen atoms in total. The number of rotatable bonds is 18. The molecule has 0 aromatic heterocycles. The smallest absolute Gasteiger partial charge is 0.306 e. The molecule has 41 heavy (non-hydrogen) atoms. The van der Waals surface area contributed by atoms with Crippen LogP contribution in [0.3, 0.4) is 0 Å². The van der Waals surface area contributed by atoms with Crippen molar-refractivity contribution in [2.24, 2.45) is 0 Å². The van der Waals surface area contributed by atoms with Crippen molar-refractivity contribution in [2.45, 2.75) is 43.5 Å². The fourth-order valence-corrected chi connectivity index (χ4v) is 6.63. The van der Waals surface area contributed by atoms with Gasteiger partial charge in [0, 0.05) is 17.6 Å². The zero-order valence-corrected chi connectivity index (χ0v) is 25.4. The summed E-state index contributed by atoms with van der Waals surface area (Å²) >= 11 is 0. The minimum absolute atomic E-state index is 0.0915. The highest BCUT2D eigenvalue weighted by molar-refractivity contribution is 8.76. The molecule has 9 heteroatoms. The van der Waals surface area contributed by atoms with Crippen molar-refractivity contribution >= 4 is 33.5 Å². The molecule has 0 aliphatic heterocycles. The highest BCUT2D eigenvalue weighted by Crippen LogP contribution is 2.42. The molecular formula is C32H38O7S2. The molecule has 0 saturated carbocycles. The Morgan fingerprint density at radius 3 is 1.90 bits per heavy atom. The number of hydrogen-bond acceptors (Lipinski definition) is 8. The standard InChI is InChI=1S/C32H38O7S2/c1-24(41-40-23-7-21-38-31(35)19-18-30(33)34)20-22-39-32(25-8-5-4-6-9-25,26-10-14-28(36-2)15-11-26)27-12-16-29(37-3)17-13-27/h4-6,8-17,24H,7,18-23H2,1-3H3,(H,33,34). The van der Waals surface area contributed by atoms with Crippen molar-refractivity contribution < 1.29 is 33.6 Å². The van der Waals surface area contributed by atoms with Crippen LogP contribution in [-0.4, -0.2) is 55.5 Å². The van der Waals surface area contributed by atoms with Gasteiger partial charge in [0.25, 0.3) is 0 Å². The van der Waals surface area contributed by atoms with Gasteiger partial charge in [-0.25, -0.2) is 0 Å². The quantitative estimate of drug-likeness (QED) is 0.0721. The van der Waals surface area contributed by atoms with E-state index in [0.29, 0.717) is 24.9 Å². The summed E-state index contributed by atoms with van der Waals surface area (Å²) in [6, 6.07) is 26.3. The van der Waals surface area contributed by atoms with E-state index < -0.39 is 17.5 Å². The summed E-state index contributed by atoms with van der Waals surface area (Å²) in [5.74, 6) is 0.922. The van der Waals surface area contributed by atoms with E-state index in [1.54, 1.807) is 35.8 Å². The molecule has 1 unspecified atom stereocenters. The van der Waals surface area contributed by atoms with Gasteiger partial charge in [0.2, 0.25) is 0 Å². The third kappa shape index (κ3) is 9.73. The molecule has 220 valence electrons. The summed E-state index contributed by atoms with van der Waals surface area (Å²) in [6.07, 6.45) is 1.26. The lowest BCUT2D eigenvalue weighted by Gasteiger charge is -2.36. The predicted octanol–water partition coefficient (Wildman–Crippen LogP) is 6.97. The molecule has 0 heterocycles. The maximum absolute atomic E-state index is 11.5. The van der Waals surface area contributed by atoms with Crippen molar-refractivity contribution in [1.29, 1.82) is 0 Å². The van der Waals surface area contributed by atoms with Gasteiger partial charge in [0.05, 0.1) is 33.7 Å². The van der Waals surface area contributed by atoms with Gasteiger partial charge in [-0.1, -0.05) is 83.1 Å². The maximum Gasteiger partial charge on any atom is 0.306 e. The van der Waals surface area contributed by atoms with E-state index in [-0.39, 0.29) is 12.8 Å². The van der Waals surface area contributed by atoms with E-state index in [9.17, 15) is 9.59 Å². The molecular weight excluding hydrogens is 560 g/mol. The Labute approximate surface area is 250 Å². The summed E-state index contributed by atoms with van der Waals surface area (Å²) in [4.78, 5) is 22.1. The average Bonchev–Trinajstić information content (AvgIpc) is 3.00. The van der Waals surface area contributed by atoms with Crippen LogP contribution in [0.25, 0.3) is 0 Å². The van der Waals surface area contributed by atoms with Crippen molar-refractivity contribution in [1.82, 2.24) is 0 Å². The molecule has 0 spiro atoms. The second-order valence-electron chi connectivity index (χ2n) is 9.34. The van der Waals surface area contributed by atoms with E-state index in [1.165, 1.54) is 0 Å². The van der Waals surface area contributed by atoms with Gasteiger partial charge in [-0.15, -0.1) is 0 Å². The van der Waals surface area contributed by atoms with Gasteiger partial charge in [-0.05, 0) is 53.8 Å². The van der Waals surface area contributed by atoms with E-state index in [2.05, 4.69) is 43.3 Å². The van der Waals surface area contributed by atoms with Crippen LogP contribution < -0.4 is 9.47 Å². The van der Waals surface area contributed by atoms with Gasteiger partial charge in [0.15, 0.2) is 0 Å². The average molecular weight is 599 g/mol. The molecule has 0 aliphatic carbocycles. The molecule has 3 aromatic rings. The number of benzene rings is 3. The van der Waals surface area contributed by atoms with Crippen molar-refractivity contribution in [3.05, 3.63) is 95.6 Å². The summed E-state index contributed by atoms with van der Waals surface area (Å²) in [6.45, 7) is 3.01. The minimum atomic E-state index is -0.999. The van der Waals surface area contributed by atoms with E-state index in [0.717, 1.165) is 40.4 Å². The lowest BCUT2D eigenvalue weighted by atomic mass is 9.80. The summed E-state index contributed by atoms with van der Waals surface area (Å²) in [5, 5.41) is 8.97. The van der Waals surface area contributed by atoms with Crippen LogP contribution in [0, 0.1) is 0 Å². The molecule has 1 N–H and O–H groups in total. The topological polar surface area (TPSA) is 91.3 Å². The molecule has 0 aliphatic rings. The first-order valence-corrected chi connectivity index (χ1v) is 15.9. The second kappa shape index (κ2) is 17.0. The molecule has 3 rings (SSSR count). The summed E-state index contributed by atoms with van der Waals surface area (Å²) in [7, 11) is 6.83. The van der Waals surface area contributed by atoms with E-state index in [4.69, 9.17) is 24.1 Å². The van der Waals surface area contributed by atoms with E-state index >= 15 is 0 Å². The van der Waals surface area contributed by atoms with Crippen LogP contribution in [0.15, 0.2) is 78.9 Å². The van der Waals surface area contributed by atoms with Crippen LogP contribution in [0.2, 0.25) is 0 Å². The van der Waals surface area contributed by atoms with Crippen LogP contribution >= 0.6 is 21.6 Å². The highest BCUT2D eigenvalue weighted by atomic mass is 33.1. The maximum atomic E-state index is 11.5. The Bertz CT molecular complexity index is 1150. The van der Waals surface area contributed by atoms with Gasteiger partial charge in [0.1, 0.15) is 17.1 Å². The van der Waals surface area contributed by atoms with Crippen molar-refractivity contribution in [2.75, 3.05) is 33.2 Å². The predicted molar refractivity (Wildman–Crippen MR) is 165 cm³/mol. The molecule has 0 bridgehead atoms. The first kappa shape index (κ1) is 32.4. The van der Waals surface area contributed by atoms with Crippen LogP contribution in [0.4, 0.5) is 0 Å². The number of hydrogen-bond donors (Lipinski definition) is 1. The molecule has 0 amide bonds. The fraction of sp³-hybridized carbons (Fsp3) is 0.375. The lowest BCUT2D eigenvalue weighted by molar-refractivity contribution is -0.147. The van der Waals surface area contributed by atoms with Gasteiger partial charge in [-0.2, -0.15) is 0 Å². The molecule has 0 fully saturated rings. The normalized spacial score (nSPS) is 12.0. The Hall–Kier alpha value is -3.14. The number of ether oxygens (including phenoxy) is 4. The van der Waals surface area contributed by atoms with Crippen LogP contribution in [-0.2, 0) is 24.7 Å². The second-order valence-corrected chi connectivity index (χ2v) is 12.3. The summed E-state index contributed by atoms with van der Waals surface area (Å²) in [5.41, 5.74) is 2.20. The number of methoxy groups -OCH3 is 2. The molecule has 0 radical (unpaired) electrons. The molecule has 0 saturated heterocycles. The van der Waals surface area contributed by atoms with Crippen LogP contribution in [0.5, 0.6) is 11.5 Å². The number of carbonyl (C=O) groups excluding carboxylic acids is 1. The summed E-state index contributed by atoms with van der Waals surface area (Å²) < 4.78 is 22.9. The number of carboxylic acid groups (broad SMARTS) is 1. The third-order valence-corrected chi connectivity index (χ3v) is 9.48. The molecule has 1 atom stereocenters. The fourth-order valence-electron chi connectivity index (χ4n) is 4.25. The zero-order chi connectivity index (χ0) is 29.5. The monoisotopic (exact) mass is 598 g/mol. The highest BCUT2D eigenvalue weighted by Gasteiger charge is 2.37. The van der Waals surface area contributed by atoms with Gasteiger partial charge in [-0.3, -0.25) is 9.59 Å². The number of carbonyl (C=O) groups is 2. The third-order valence-electron chi connectivity index (χ3n) is 6.43. The lowest BCUT2D eigenvalue weighted by Crippen LogP contribution is -2.33. The Morgan fingerprint density at radius 2 is 1.37 bits per heavy atom. The Balaban J connectivity index is 1.66. The van der Waals surface area contributed by atoms with Gasteiger partial charge < -0.3 is 24.1 Å². The zero-order valence-electron chi connectivity index (χ0n) is 23.7. The minimum Gasteiger partial charge on any atom is -0.497 e. The first-order valence-electron chi connectivity index (χ1n) is 13.5. The Morgan fingerprint density at radius 1 is 0.805 bits per heavy atom.